The normalized spacial score (nSPS) is 18.3. The lowest BCUT2D eigenvalue weighted by molar-refractivity contribution is -0.132. The summed E-state index contributed by atoms with van der Waals surface area (Å²) in [5.74, 6) is 0.891. The highest BCUT2D eigenvalue weighted by molar-refractivity contribution is 7.90. The molecule has 35 heavy (non-hydrogen) atoms. The first-order chi connectivity index (χ1) is 16.7. The molecule has 3 heterocycles. The predicted octanol–water partition coefficient (Wildman–Crippen LogP) is 1.88. The molecule has 2 aromatic rings. The first-order valence-electron chi connectivity index (χ1n) is 11.6. The van der Waals surface area contributed by atoms with Crippen molar-refractivity contribution in [1.82, 2.24) is 10.2 Å². The van der Waals surface area contributed by atoms with Crippen molar-refractivity contribution in [2.75, 3.05) is 45.4 Å². The van der Waals surface area contributed by atoms with Crippen LogP contribution < -0.4 is 19.5 Å². The number of amides is 2. The zero-order valence-electron chi connectivity index (χ0n) is 19.9. The zero-order valence-corrected chi connectivity index (χ0v) is 20.7. The number of hydrogen-bond acceptors (Lipinski definition) is 7. The van der Waals surface area contributed by atoms with Gasteiger partial charge in [0.25, 0.3) is 5.91 Å². The lowest BCUT2D eigenvalue weighted by atomic mass is 9.87. The van der Waals surface area contributed by atoms with Crippen molar-refractivity contribution >= 4 is 21.7 Å². The predicted molar refractivity (Wildman–Crippen MR) is 130 cm³/mol. The van der Waals surface area contributed by atoms with E-state index < -0.39 is 15.9 Å². The molecule has 10 heteroatoms. The molecule has 1 N–H and O–H groups in total. The third kappa shape index (κ3) is 6.05. The van der Waals surface area contributed by atoms with E-state index in [1.807, 2.05) is 36.4 Å². The van der Waals surface area contributed by atoms with Gasteiger partial charge >= 0.3 is 0 Å². The van der Waals surface area contributed by atoms with Gasteiger partial charge in [-0.3, -0.25) is 9.59 Å². The van der Waals surface area contributed by atoms with E-state index in [9.17, 15) is 18.0 Å². The van der Waals surface area contributed by atoms with Crippen molar-refractivity contribution in [1.29, 1.82) is 0 Å². The minimum absolute atomic E-state index is 0.0890. The topological polar surface area (TPSA) is 111 Å². The monoisotopic (exact) mass is 502 g/mol. The largest absolute Gasteiger partial charge is 0.494 e. The molecule has 1 atom stereocenters. The van der Waals surface area contributed by atoms with Crippen molar-refractivity contribution in [2.45, 2.75) is 25.3 Å². The van der Waals surface area contributed by atoms with E-state index in [0.717, 1.165) is 22.9 Å². The van der Waals surface area contributed by atoms with Crippen LogP contribution in [0.1, 0.15) is 35.6 Å². The molecule has 0 fully saturated rings. The summed E-state index contributed by atoms with van der Waals surface area (Å²) in [6.45, 7) is 1.14. The summed E-state index contributed by atoms with van der Waals surface area (Å²) in [6, 6.07) is 10.8. The van der Waals surface area contributed by atoms with E-state index in [1.54, 1.807) is 4.90 Å². The fourth-order valence-corrected chi connectivity index (χ4v) is 4.95. The number of sulfone groups is 1. The van der Waals surface area contributed by atoms with Gasteiger partial charge < -0.3 is 24.4 Å². The molecule has 6 bridgehead atoms. The number of carbonyl (C=O) groups is 2. The Labute approximate surface area is 205 Å². The second-order valence-electron chi connectivity index (χ2n) is 8.73. The van der Waals surface area contributed by atoms with Gasteiger partial charge in [0.1, 0.15) is 15.6 Å². The van der Waals surface area contributed by atoms with E-state index in [4.69, 9.17) is 14.2 Å². The number of nitrogens with zero attached hydrogens (tertiary/aromatic N) is 1. The fourth-order valence-electron chi connectivity index (χ4n) is 4.40. The third-order valence-corrected chi connectivity index (χ3v) is 7.05. The number of hydrogen-bond donors (Lipinski definition) is 1. The average Bonchev–Trinajstić information content (AvgIpc) is 2.83. The van der Waals surface area contributed by atoms with Crippen LogP contribution in [0.25, 0.3) is 0 Å². The summed E-state index contributed by atoms with van der Waals surface area (Å²) in [6.07, 6.45) is 2.22. The number of rotatable bonds is 4. The molecule has 188 valence electrons. The van der Waals surface area contributed by atoms with Gasteiger partial charge in [0.05, 0.1) is 25.5 Å². The first-order valence-corrected chi connectivity index (χ1v) is 13.6. The Morgan fingerprint density at radius 3 is 2.83 bits per heavy atom. The van der Waals surface area contributed by atoms with Crippen LogP contribution in [-0.2, 0) is 25.8 Å². The third-order valence-electron chi connectivity index (χ3n) is 6.11. The highest BCUT2D eigenvalue weighted by atomic mass is 32.2. The van der Waals surface area contributed by atoms with E-state index in [1.165, 1.54) is 7.11 Å². The van der Waals surface area contributed by atoms with Crippen molar-refractivity contribution in [3.8, 4) is 17.2 Å². The van der Waals surface area contributed by atoms with Gasteiger partial charge in [-0.05, 0) is 53.8 Å². The number of ether oxygens (including phenoxy) is 3. The number of nitrogens with one attached hydrogen (secondary N) is 1. The molecule has 9 nitrogen and oxygen atoms in total. The number of carbonyl (C=O) groups excluding carboxylic acids is 2. The molecular formula is C25H30N2O7S. The van der Waals surface area contributed by atoms with Gasteiger partial charge in [0.2, 0.25) is 5.91 Å². The second-order valence-corrected chi connectivity index (χ2v) is 11.0. The molecule has 3 aliphatic rings. The lowest BCUT2D eigenvalue weighted by Gasteiger charge is -2.38. The molecule has 1 unspecified atom stereocenters. The SMILES string of the molecule is COc1cc2c3cc1OCC(=O)NCCCOc1cccc(c1)C2N(C(=O)CCS(C)(=O)=O)CC3. The van der Waals surface area contributed by atoms with Crippen LogP contribution >= 0.6 is 0 Å². The van der Waals surface area contributed by atoms with Gasteiger partial charge in [-0.1, -0.05) is 12.1 Å². The molecular weight excluding hydrogens is 472 g/mol. The smallest absolute Gasteiger partial charge is 0.257 e. The Morgan fingerprint density at radius 1 is 1.23 bits per heavy atom. The zero-order chi connectivity index (χ0) is 25.0. The van der Waals surface area contributed by atoms with Crippen LogP contribution in [0.4, 0.5) is 0 Å². The van der Waals surface area contributed by atoms with Crippen LogP contribution in [-0.4, -0.2) is 70.6 Å². The Hall–Kier alpha value is -3.27. The van der Waals surface area contributed by atoms with E-state index in [0.29, 0.717) is 49.8 Å². The quantitative estimate of drug-likeness (QED) is 0.680. The molecule has 0 radical (unpaired) electrons. The number of benzene rings is 2. The van der Waals surface area contributed by atoms with Crippen molar-refractivity contribution in [2.24, 2.45) is 0 Å². The fraction of sp³-hybridized carbons (Fsp3) is 0.440. The number of fused-ring (bicyclic) bond motifs is 8. The summed E-state index contributed by atoms with van der Waals surface area (Å²) >= 11 is 0. The molecule has 2 aromatic carbocycles. The van der Waals surface area contributed by atoms with Gasteiger partial charge in [-0.2, -0.15) is 0 Å². The van der Waals surface area contributed by atoms with Crippen LogP contribution in [0.3, 0.4) is 0 Å². The Balaban J connectivity index is 1.79. The molecule has 3 aliphatic heterocycles. The van der Waals surface area contributed by atoms with Crippen LogP contribution in [0, 0.1) is 0 Å². The average molecular weight is 503 g/mol. The molecule has 5 rings (SSSR count). The maximum absolute atomic E-state index is 13.2. The Bertz CT molecular complexity index is 1210. The summed E-state index contributed by atoms with van der Waals surface area (Å²) in [5, 5.41) is 2.82. The van der Waals surface area contributed by atoms with Gasteiger partial charge in [-0.25, -0.2) is 8.42 Å². The maximum Gasteiger partial charge on any atom is 0.257 e. The Morgan fingerprint density at radius 2 is 2.06 bits per heavy atom. The van der Waals surface area contributed by atoms with E-state index in [2.05, 4.69) is 5.32 Å². The first kappa shape index (κ1) is 24.8. The van der Waals surface area contributed by atoms with Crippen molar-refractivity contribution in [3.63, 3.8) is 0 Å². The second kappa shape index (κ2) is 10.6. The molecule has 2 amide bonds. The molecule has 0 aliphatic carbocycles. The summed E-state index contributed by atoms with van der Waals surface area (Å²) in [7, 11) is -1.76. The molecule has 0 saturated heterocycles. The minimum atomic E-state index is -3.28. The van der Waals surface area contributed by atoms with Crippen LogP contribution in [0.15, 0.2) is 36.4 Å². The maximum atomic E-state index is 13.2. The van der Waals surface area contributed by atoms with Gasteiger partial charge in [-0.15, -0.1) is 0 Å². The van der Waals surface area contributed by atoms with Gasteiger partial charge in [0.15, 0.2) is 18.1 Å². The minimum Gasteiger partial charge on any atom is -0.494 e. The summed E-state index contributed by atoms with van der Waals surface area (Å²) in [4.78, 5) is 27.1. The summed E-state index contributed by atoms with van der Waals surface area (Å²) in [5.41, 5.74) is 2.69. The Kier molecular flexibility index (Phi) is 7.49. The van der Waals surface area contributed by atoms with E-state index >= 15 is 0 Å². The lowest BCUT2D eigenvalue weighted by Crippen LogP contribution is -2.41. The number of methoxy groups -OCH3 is 1. The van der Waals surface area contributed by atoms with Crippen LogP contribution in [0.2, 0.25) is 0 Å². The van der Waals surface area contributed by atoms with E-state index in [-0.39, 0.29) is 30.6 Å². The van der Waals surface area contributed by atoms with Crippen molar-refractivity contribution in [3.05, 3.63) is 53.1 Å². The van der Waals surface area contributed by atoms with Gasteiger partial charge in [0, 0.05) is 25.8 Å². The summed E-state index contributed by atoms with van der Waals surface area (Å²) < 4.78 is 40.6. The standard InChI is InChI=1S/C25H30N2O7S/c1-32-21-15-20-17-7-10-27(24(29)8-12-35(2,30)31)25(20)18-5-3-6-19(13-18)33-11-4-9-26-23(28)16-34-22(21)14-17/h3,5-6,13-15,25H,4,7-12,16H2,1-2H3,(H,26,28). The van der Waals surface area contributed by atoms with Crippen LogP contribution in [0.5, 0.6) is 17.2 Å². The molecule has 0 aromatic heterocycles. The molecule has 0 spiro atoms. The van der Waals surface area contributed by atoms with Crippen molar-refractivity contribution < 1.29 is 32.2 Å². The highest BCUT2D eigenvalue weighted by Crippen LogP contribution is 2.42. The highest BCUT2D eigenvalue weighted by Gasteiger charge is 2.34. The molecule has 0 saturated carbocycles.